The van der Waals surface area contributed by atoms with Crippen molar-refractivity contribution in [1.29, 1.82) is 0 Å². The standard InChI is InChI=1S/C35H56N6O6/c1-7-8-9-13-16-30(42)38-29-21-36-32(44)27(19-22(2)3)40-31(43)24(6)37-34(46)28(20-23(4)5)41-33(45)26(39-35(29)47)18-17-25-14-11-10-12-15-25/h10-12,14-15,22-24,26-29H,7-9,13,16-21H2,1-6H3,(H,36,44)(H,37,46)(H,38,42)(H,39,47)(H,40,43)(H,41,45)/t24-,26-,27-,28-,29-/m1/s1. The van der Waals surface area contributed by atoms with Gasteiger partial charge in [0.25, 0.3) is 0 Å². The van der Waals surface area contributed by atoms with Crippen LogP contribution in [0.4, 0.5) is 0 Å². The molecule has 0 spiro atoms. The first-order valence-electron chi connectivity index (χ1n) is 17.1. The van der Waals surface area contributed by atoms with E-state index >= 15 is 0 Å². The molecule has 1 aliphatic rings. The van der Waals surface area contributed by atoms with Gasteiger partial charge < -0.3 is 31.9 Å². The fourth-order valence-electron chi connectivity index (χ4n) is 5.37. The van der Waals surface area contributed by atoms with Gasteiger partial charge in [0.1, 0.15) is 30.2 Å². The van der Waals surface area contributed by atoms with Crippen molar-refractivity contribution in [1.82, 2.24) is 31.9 Å². The molecule has 0 aromatic heterocycles. The number of unbranched alkanes of at least 4 members (excludes halogenated alkanes) is 3. The number of amides is 6. The molecule has 0 bridgehead atoms. The van der Waals surface area contributed by atoms with E-state index in [2.05, 4.69) is 38.8 Å². The summed E-state index contributed by atoms with van der Waals surface area (Å²) < 4.78 is 0. The molecule has 12 nitrogen and oxygen atoms in total. The molecule has 47 heavy (non-hydrogen) atoms. The lowest BCUT2D eigenvalue weighted by Crippen LogP contribution is -2.61. The summed E-state index contributed by atoms with van der Waals surface area (Å²) in [5.41, 5.74) is 0.957. The molecule has 1 aromatic rings. The summed E-state index contributed by atoms with van der Waals surface area (Å²) in [5.74, 6) is -3.12. The SMILES string of the molecule is CCCCCCC(=O)N[C@@H]1CNC(=O)[C@@H](CC(C)C)NC(=O)[C@@H](C)NC(=O)[C@@H](CC(C)C)NC(=O)[C@@H](CCc2ccccc2)NC1=O. The topological polar surface area (TPSA) is 175 Å². The van der Waals surface area contributed by atoms with Crippen molar-refractivity contribution in [2.45, 2.75) is 130 Å². The van der Waals surface area contributed by atoms with E-state index in [4.69, 9.17) is 0 Å². The van der Waals surface area contributed by atoms with Gasteiger partial charge in [0.15, 0.2) is 0 Å². The maximum atomic E-state index is 13.8. The summed E-state index contributed by atoms with van der Waals surface area (Å²) in [4.78, 5) is 80.3. The molecule has 0 radical (unpaired) electrons. The van der Waals surface area contributed by atoms with Crippen LogP contribution in [0.3, 0.4) is 0 Å². The molecule has 2 rings (SSSR count). The first kappa shape index (κ1) is 39.2. The van der Waals surface area contributed by atoms with E-state index < -0.39 is 59.7 Å². The molecule has 262 valence electrons. The van der Waals surface area contributed by atoms with Crippen LogP contribution in [0.1, 0.15) is 98.5 Å². The fraction of sp³-hybridized carbons (Fsp3) is 0.657. The number of carbonyl (C=O) groups is 6. The molecule has 0 aliphatic carbocycles. The Hall–Kier alpha value is -3.96. The number of carbonyl (C=O) groups excluding carboxylic acids is 6. The summed E-state index contributed by atoms with van der Waals surface area (Å²) in [6.07, 6.45) is 5.03. The minimum atomic E-state index is -1.18. The lowest BCUT2D eigenvalue weighted by molar-refractivity contribution is -0.136. The smallest absolute Gasteiger partial charge is 0.245 e. The first-order valence-corrected chi connectivity index (χ1v) is 17.1. The van der Waals surface area contributed by atoms with Crippen molar-refractivity contribution in [2.24, 2.45) is 11.8 Å². The monoisotopic (exact) mass is 656 g/mol. The van der Waals surface area contributed by atoms with E-state index in [9.17, 15) is 28.8 Å². The molecule has 6 amide bonds. The normalized spacial score (nSPS) is 23.4. The Labute approximate surface area is 279 Å². The zero-order chi connectivity index (χ0) is 34.9. The van der Waals surface area contributed by atoms with Crippen molar-refractivity contribution < 1.29 is 28.8 Å². The Morgan fingerprint density at radius 3 is 1.94 bits per heavy atom. The van der Waals surface area contributed by atoms with Gasteiger partial charge in [0, 0.05) is 13.0 Å². The Kier molecular flexibility index (Phi) is 17.0. The van der Waals surface area contributed by atoms with Crippen molar-refractivity contribution in [3.8, 4) is 0 Å². The first-order chi connectivity index (χ1) is 22.3. The molecule has 5 atom stereocenters. The zero-order valence-corrected chi connectivity index (χ0v) is 28.9. The Balaban J connectivity index is 2.46. The second kappa shape index (κ2) is 20.3. The Morgan fingerprint density at radius 2 is 1.32 bits per heavy atom. The summed E-state index contributed by atoms with van der Waals surface area (Å²) >= 11 is 0. The number of benzene rings is 1. The van der Waals surface area contributed by atoms with Crippen molar-refractivity contribution in [3.63, 3.8) is 0 Å². The third-order valence-corrected chi connectivity index (χ3v) is 8.02. The number of rotatable bonds is 13. The predicted molar refractivity (Wildman–Crippen MR) is 181 cm³/mol. The van der Waals surface area contributed by atoms with E-state index in [1.54, 1.807) is 0 Å². The molecule has 6 N–H and O–H groups in total. The maximum Gasteiger partial charge on any atom is 0.245 e. The van der Waals surface area contributed by atoms with Crippen molar-refractivity contribution in [2.75, 3.05) is 6.54 Å². The largest absolute Gasteiger partial charge is 0.352 e. The molecule has 0 unspecified atom stereocenters. The highest BCUT2D eigenvalue weighted by molar-refractivity contribution is 5.97. The van der Waals surface area contributed by atoms with Gasteiger partial charge >= 0.3 is 0 Å². The molecule has 12 heteroatoms. The lowest BCUT2D eigenvalue weighted by atomic mass is 10.00. The van der Waals surface area contributed by atoms with Gasteiger partial charge in [0.2, 0.25) is 35.4 Å². The second-order valence-electron chi connectivity index (χ2n) is 13.4. The van der Waals surface area contributed by atoms with Crippen LogP contribution < -0.4 is 31.9 Å². The van der Waals surface area contributed by atoms with Gasteiger partial charge in [-0.05, 0) is 56.4 Å². The van der Waals surface area contributed by atoms with E-state index in [0.29, 0.717) is 25.7 Å². The van der Waals surface area contributed by atoms with Gasteiger partial charge in [-0.2, -0.15) is 0 Å². The third kappa shape index (κ3) is 14.6. The van der Waals surface area contributed by atoms with Gasteiger partial charge in [-0.15, -0.1) is 0 Å². The molecule has 0 saturated carbocycles. The summed E-state index contributed by atoms with van der Waals surface area (Å²) in [7, 11) is 0. The summed E-state index contributed by atoms with van der Waals surface area (Å²) in [6, 6.07) is 4.36. The number of nitrogens with one attached hydrogen (secondary N) is 6. The van der Waals surface area contributed by atoms with Crippen LogP contribution >= 0.6 is 0 Å². The van der Waals surface area contributed by atoms with Crippen LogP contribution in [0.2, 0.25) is 0 Å². The molecule has 1 heterocycles. The van der Waals surface area contributed by atoms with Gasteiger partial charge in [0.05, 0.1) is 0 Å². The molecule has 1 saturated heterocycles. The van der Waals surface area contributed by atoms with Crippen LogP contribution in [0.5, 0.6) is 0 Å². The number of hydrogen-bond donors (Lipinski definition) is 6. The second-order valence-corrected chi connectivity index (χ2v) is 13.4. The number of aryl methyl sites for hydroxylation is 1. The van der Waals surface area contributed by atoms with Crippen LogP contribution in [-0.2, 0) is 35.2 Å². The summed E-state index contributed by atoms with van der Waals surface area (Å²) in [6.45, 7) is 11.0. The molecule has 1 fully saturated rings. The van der Waals surface area contributed by atoms with Crippen LogP contribution in [0.15, 0.2) is 30.3 Å². The highest BCUT2D eigenvalue weighted by atomic mass is 16.2. The van der Waals surface area contributed by atoms with E-state index in [0.717, 1.165) is 24.8 Å². The zero-order valence-electron chi connectivity index (χ0n) is 28.9. The van der Waals surface area contributed by atoms with Gasteiger partial charge in [-0.25, -0.2) is 0 Å². The average molecular weight is 657 g/mol. The summed E-state index contributed by atoms with van der Waals surface area (Å²) in [5, 5.41) is 16.5. The molecular formula is C35H56N6O6. The molecular weight excluding hydrogens is 600 g/mol. The van der Waals surface area contributed by atoms with Gasteiger partial charge in [-0.3, -0.25) is 28.8 Å². The highest BCUT2D eigenvalue weighted by Gasteiger charge is 2.33. The quantitative estimate of drug-likeness (QED) is 0.178. The molecule has 1 aromatic carbocycles. The van der Waals surface area contributed by atoms with Crippen LogP contribution in [-0.4, -0.2) is 72.2 Å². The van der Waals surface area contributed by atoms with Crippen LogP contribution in [0.25, 0.3) is 0 Å². The van der Waals surface area contributed by atoms with Crippen molar-refractivity contribution in [3.05, 3.63) is 35.9 Å². The highest BCUT2D eigenvalue weighted by Crippen LogP contribution is 2.11. The third-order valence-electron chi connectivity index (χ3n) is 8.02. The molecule has 1 aliphatic heterocycles. The van der Waals surface area contributed by atoms with E-state index in [1.165, 1.54) is 6.92 Å². The van der Waals surface area contributed by atoms with Gasteiger partial charge in [-0.1, -0.05) is 84.2 Å². The Morgan fingerprint density at radius 1 is 0.745 bits per heavy atom. The lowest BCUT2D eigenvalue weighted by Gasteiger charge is -2.28. The maximum absolute atomic E-state index is 13.8. The van der Waals surface area contributed by atoms with E-state index in [1.807, 2.05) is 58.0 Å². The minimum absolute atomic E-state index is 0.0224. The Bertz CT molecular complexity index is 1190. The van der Waals surface area contributed by atoms with E-state index in [-0.39, 0.29) is 37.1 Å². The van der Waals surface area contributed by atoms with Crippen molar-refractivity contribution >= 4 is 35.4 Å². The fourth-order valence-corrected chi connectivity index (χ4v) is 5.37. The minimum Gasteiger partial charge on any atom is -0.352 e. The average Bonchev–Trinajstić information content (AvgIpc) is 3.01. The predicted octanol–water partition coefficient (Wildman–Crippen LogP) is 2.26. The number of hydrogen-bond acceptors (Lipinski definition) is 6. The van der Waals surface area contributed by atoms with Crippen LogP contribution in [0, 0.1) is 11.8 Å².